The number of aryl methyl sites for hydroxylation is 1. The van der Waals surface area contributed by atoms with Crippen LogP contribution in [0.4, 0.5) is 17.1 Å². The molecule has 0 fully saturated rings. The maximum Gasteiger partial charge on any atom is 0.299 e. The summed E-state index contributed by atoms with van der Waals surface area (Å²) in [6.07, 6.45) is 0.552. The van der Waals surface area contributed by atoms with Crippen molar-refractivity contribution in [2.75, 3.05) is 58.6 Å². The number of hydrogen-bond acceptors (Lipinski definition) is 9. The molecule has 1 amide bonds. The predicted molar refractivity (Wildman–Crippen MR) is 102 cm³/mol. The second-order valence-corrected chi connectivity index (χ2v) is 5.41. The number of carbonyl (C=O) groups excluding carboxylic acids is 1. The number of rotatable bonds is 12. The lowest BCUT2D eigenvalue weighted by molar-refractivity contribution is -0.393. The third-order valence-electron chi connectivity index (χ3n) is 3.46. The normalized spacial score (nSPS) is 9.86. The highest BCUT2D eigenvalue weighted by Gasteiger charge is 2.26. The summed E-state index contributed by atoms with van der Waals surface area (Å²) in [5, 5.41) is 32.4. The first kappa shape index (κ1) is 25.2. The van der Waals surface area contributed by atoms with E-state index in [9.17, 15) is 25.0 Å². The molecule has 0 aliphatic rings. The van der Waals surface area contributed by atoms with Crippen LogP contribution < -0.4 is 10.2 Å². The van der Waals surface area contributed by atoms with Gasteiger partial charge >= 0.3 is 0 Å². The van der Waals surface area contributed by atoms with Gasteiger partial charge in [0.1, 0.15) is 5.69 Å². The molecule has 0 heterocycles. The molecule has 1 aromatic carbocycles. The molecule has 0 saturated carbocycles. The maximum absolute atomic E-state index is 11.3. The fraction of sp³-hybridized carbons (Fsp3) is 0.562. The molecule has 0 aromatic heterocycles. The molecule has 12 nitrogen and oxygen atoms in total. The maximum atomic E-state index is 11.3. The van der Waals surface area contributed by atoms with Gasteiger partial charge in [0.25, 0.3) is 11.4 Å². The molecule has 12 heteroatoms. The Bertz CT molecular complexity index is 633. The molecule has 0 bridgehead atoms. The number of hydrogen-bond donors (Lipinski definition) is 2. The second-order valence-electron chi connectivity index (χ2n) is 5.41. The lowest BCUT2D eigenvalue weighted by atomic mass is 10.1. The number of nitrogens with zero attached hydrogens (tertiary/aromatic N) is 3. The molecular formula is C16H26N4O8. The van der Waals surface area contributed by atoms with E-state index in [0.717, 1.165) is 6.07 Å². The Labute approximate surface area is 162 Å². The summed E-state index contributed by atoms with van der Waals surface area (Å²) in [5.74, 6) is 0. The molecular weight excluding hydrogens is 376 g/mol. The van der Waals surface area contributed by atoms with E-state index in [1.807, 2.05) is 0 Å². The predicted octanol–water partition coefficient (Wildman–Crippen LogP) is 0.635. The number of nitrogens with one attached hydrogen (secondary N) is 1. The number of benzene rings is 1. The zero-order valence-electron chi connectivity index (χ0n) is 16.1. The van der Waals surface area contributed by atoms with E-state index >= 15 is 0 Å². The zero-order chi connectivity index (χ0) is 21.5. The smallest absolute Gasteiger partial charge is 0.299 e. The van der Waals surface area contributed by atoms with Crippen molar-refractivity contribution in [1.82, 2.24) is 5.32 Å². The van der Waals surface area contributed by atoms with Crippen LogP contribution in [0, 0.1) is 27.2 Å². The van der Waals surface area contributed by atoms with Gasteiger partial charge in [0.2, 0.25) is 6.41 Å². The number of ether oxygens (including phenoxy) is 2. The minimum atomic E-state index is -0.640. The molecule has 1 rings (SSSR count). The van der Waals surface area contributed by atoms with Crippen LogP contribution in [-0.2, 0) is 14.3 Å². The third-order valence-corrected chi connectivity index (χ3v) is 3.46. The van der Waals surface area contributed by atoms with Gasteiger partial charge in [0.15, 0.2) is 0 Å². The van der Waals surface area contributed by atoms with Gasteiger partial charge in [0, 0.05) is 39.9 Å². The molecule has 2 N–H and O–H groups in total. The summed E-state index contributed by atoms with van der Waals surface area (Å²) >= 11 is 0. The topological polar surface area (TPSA) is 157 Å². The van der Waals surface area contributed by atoms with E-state index in [0.29, 0.717) is 50.5 Å². The minimum Gasteiger partial charge on any atom is -0.395 e. The molecule has 0 radical (unpaired) electrons. The molecule has 158 valence electrons. The van der Waals surface area contributed by atoms with Crippen molar-refractivity contribution >= 4 is 23.5 Å². The molecule has 1 aromatic rings. The third kappa shape index (κ3) is 8.70. The minimum absolute atomic E-state index is 0.0126. The SMILES string of the molecule is COCCN(CCOC)c1c(C)cc([N+](=O)[O-])cc1[N+](=O)[O-].O=CNCCO. The lowest BCUT2D eigenvalue weighted by Gasteiger charge is -2.25. The van der Waals surface area contributed by atoms with Crippen molar-refractivity contribution in [3.05, 3.63) is 37.9 Å². The Morgan fingerprint density at radius 3 is 2.07 bits per heavy atom. The second kappa shape index (κ2) is 14.3. The van der Waals surface area contributed by atoms with Gasteiger partial charge in [-0.3, -0.25) is 25.0 Å². The summed E-state index contributed by atoms with van der Waals surface area (Å²) in [5.41, 5.74) is 0.225. The van der Waals surface area contributed by atoms with Gasteiger partial charge in [0.05, 0.1) is 35.7 Å². The van der Waals surface area contributed by atoms with E-state index in [1.54, 1.807) is 11.8 Å². The molecule has 0 spiro atoms. The average Bonchev–Trinajstić information content (AvgIpc) is 2.66. The Hall–Kier alpha value is -2.83. The van der Waals surface area contributed by atoms with Crippen molar-refractivity contribution < 1.29 is 29.2 Å². The molecule has 0 unspecified atom stereocenters. The van der Waals surface area contributed by atoms with E-state index in [-0.39, 0.29) is 18.0 Å². The van der Waals surface area contributed by atoms with Crippen LogP contribution >= 0.6 is 0 Å². The summed E-state index contributed by atoms with van der Waals surface area (Å²) in [6.45, 7) is 3.55. The van der Waals surface area contributed by atoms with Crippen molar-refractivity contribution in [1.29, 1.82) is 0 Å². The lowest BCUT2D eigenvalue weighted by Crippen LogP contribution is -2.31. The van der Waals surface area contributed by atoms with E-state index in [1.165, 1.54) is 20.3 Å². The Balaban J connectivity index is 0.00000105. The largest absolute Gasteiger partial charge is 0.395 e. The quantitative estimate of drug-likeness (QED) is 0.221. The van der Waals surface area contributed by atoms with Crippen LogP contribution in [0.3, 0.4) is 0 Å². The zero-order valence-corrected chi connectivity index (χ0v) is 16.1. The number of anilines is 1. The number of non-ortho nitro benzene ring substituents is 1. The number of nitro benzene ring substituents is 2. The molecule has 28 heavy (non-hydrogen) atoms. The fourth-order valence-corrected chi connectivity index (χ4v) is 2.26. The van der Waals surface area contributed by atoms with E-state index < -0.39 is 9.85 Å². The van der Waals surface area contributed by atoms with Crippen molar-refractivity contribution in [2.24, 2.45) is 0 Å². The first-order valence-electron chi connectivity index (χ1n) is 8.28. The van der Waals surface area contributed by atoms with Crippen LogP contribution in [0.15, 0.2) is 12.1 Å². The highest BCUT2D eigenvalue weighted by molar-refractivity contribution is 5.71. The molecule has 0 aliphatic carbocycles. The molecule has 0 aliphatic heterocycles. The summed E-state index contributed by atoms with van der Waals surface area (Å²) in [6, 6.07) is 2.31. The summed E-state index contributed by atoms with van der Waals surface area (Å²) < 4.78 is 10.0. The van der Waals surface area contributed by atoms with Crippen LogP contribution in [0.5, 0.6) is 0 Å². The van der Waals surface area contributed by atoms with Crippen LogP contribution in [-0.4, -0.2) is 75.0 Å². The molecule has 0 atom stereocenters. The van der Waals surface area contributed by atoms with E-state index in [2.05, 4.69) is 5.32 Å². The number of nitro groups is 2. The van der Waals surface area contributed by atoms with Crippen molar-refractivity contribution in [2.45, 2.75) is 6.92 Å². The molecule has 0 saturated heterocycles. The number of aliphatic hydroxyl groups is 1. The first-order valence-corrected chi connectivity index (χ1v) is 8.28. The van der Waals surface area contributed by atoms with Gasteiger partial charge in [-0.2, -0.15) is 0 Å². The van der Waals surface area contributed by atoms with Gasteiger partial charge in [-0.1, -0.05) is 0 Å². The van der Waals surface area contributed by atoms with Crippen LogP contribution in [0.1, 0.15) is 5.56 Å². The number of amides is 1. The van der Waals surface area contributed by atoms with Gasteiger partial charge < -0.3 is 24.8 Å². The Morgan fingerprint density at radius 2 is 1.71 bits per heavy atom. The fourth-order valence-electron chi connectivity index (χ4n) is 2.26. The van der Waals surface area contributed by atoms with Gasteiger partial charge in [-0.05, 0) is 12.5 Å². The van der Waals surface area contributed by atoms with E-state index in [4.69, 9.17) is 14.6 Å². The summed E-state index contributed by atoms with van der Waals surface area (Å²) in [7, 11) is 3.07. The van der Waals surface area contributed by atoms with Crippen LogP contribution in [0.25, 0.3) is 0 Å². The summed E-state index contributed by atoms with van der Waals surface area (Å²) in [4.78, 5) is 32.0. The number of aliphatic hydroxyl groups excluding tert-OH is 1. The first-order chi connectivity index (χ1) is 13.3. The monoisotopic (exact) mass is 402 g/mol. The average molecular weight is 402 g/mol. The number of methoxy groups -OCH3 is 2. The van der Waals surface area contributed by atoms with Crippen LogP contribution in [0.2, 0.25) is 0 Å². The Kier molecular flexibility index (Phi) is 12.8. The van der Waals surface area contributed by atoms with Crippen molar-refractivity contribution in [3.63, 3.8) is 0 Å². The number of carbonyl (C=O) groups is 1. The van der Waals surface area contributed by atoms with Gasteiger partial charge in [-0.15, -0.1) is 0 Å². The van der Waals surface area contributed by atoms with Gasteiger partial charge in [-0.25, -0.2) is 0 Å². The standard InChI is InChI=1S/C13H19N3O6.C3H7NO2/c1-10-8-11(15(17)18)9-12(16(19)20)13(10)14(4-6-21-2)5-7-22-3;5-2-1-4-3-6/h8-9H,4-7H2,1-3H3;3,5H,1-2H2,(H,4,6). The van der Waals surface area contributed by atoms with Crippen molar-refractivity contribution in [3.8, 4) is 0 Å². The Morgan fingerprint density at radius 1 is 1.14 bits per heavy atom. The highest BCUT2D eigenvalue weighted by atomic mass is 16.6. The highest BCUT2D eigenvalue weighted by Crippen LogP contribution is 2.35.